The summed E-state index contributed by atoms with van der Waals surface area (Å²) in [5.41, 5.74) is 0. The summed E-state index contributed by atoms with van der Waals surface area (Å²) in [6.07, 6.45) is 44.4. The number of rotatable bonds is 36. The minimum absolute atomic E-state index is 0.650. The second kappa shape index (κ2) is 37.9. The maximum absolute atomic E-state index is 5.16. The quantitative estimate of drug-likeness (QED) is 0.0438. The molecule has 0 spiro atoms. The minimum Gasteiger partial charge on any atom is -0.206 e. The van der Waals surface area contributed by atoms with Crippen LogP contribution in [0.3, 0.4) is 0 Å². The lowest BCUT2D eigenvalue weighted by Gasteiger charge is -2.05. The molecule has 0 unspecified atom stereocenters. The average molecular weight is 555 g/mol. The predicted molar refractivity (Wildman–Crippen MR) is 172 cm³/mol. The Hall–Kier alpha value is -0.120. The zero-order valence-electron chi connectivity index (χ0n) is 27.3. The van der Waals surface area contributed by atoms with Gasteiger partial charge in [-0.15, -0.1) is 0 Å². The zero-order chi connectivity index (χ0) is 28.2. The van der Waals surface area contributed by atoms with E-state index in [0.29, 0.717) is 13.2 Å². The molecule has 0 saturated heterocycles. The Labute approximate surface area is 247 Å². The van der Waals surface area contributed by atoms with Crippen LogP contribution in [-0.4, -0.2) is 13.2 Å². The highest BCUT2D eigenvalue weighted by atomic mass is 17.5. The number of hydrogen-bond acceptors (Lipinski definition) is 3. The van der Waals surface area contributed by atoms with Gasteiger partial charge in [0.05, 0.1) is 13.2 Å². The van der Waals surface area contributed by atoms with E-state index < -0.39 is 0 Å². The van der Waals surface area contributed by atoms with Crippen molar-refractivity contribution in [1.82, 2.24) is 0 Å². The van der Waals surface area contributed by atoms with Gasteiger partial charge in [-0.1, -0.05) is 212 Å². The molecule has 0 radical (unpaired) electrons. The molecule has 0 saturated carbocycles. The van der Waals surface area contributed by atoms with Crippen molar-refractivity contribution in [2.75, 3.05) is 13.2 Å². The average Bonchev–Trinajstić information content (AvgIpc) is 2.95. The van der Waals surface area contributed by atoms with E-state index in [0.717, 1.165) is 12.8 Å². The van der Waals surface area contributed by atoms with Crippen molar-refractivity contribution in [2.45, 2.75) is 219 Å². The maximum atomic E-state index is 5.16. The van der Waals surface area contributed by atoms with E-state index in [1.807, 2.05) is 0 Å². The van der Waals surface area contributed by atoms with E-state index in [9.17, 15) is 0 Å². The van der Waals surface area contributed by atoms with Crippen LogP contribution in [0.5, 0.6) is 0 Å². The molecule has 0 aromatic rings. The third-order valence-corrected chi connectivity index (χ3v) is 8.26. The van der Waals surface area contributed by atoms with Gasteiger partial charge in [-0.05, 0) is 12.8 Å². The van der Waals surface area contributed by atoms with Gasteiger partial charge in [0, 0.05) is 0 Å². The van der Waals surface area contributed by atoms with Crippen molar-refractivity contribution in [3.63, 3.8) is 0 Å². The molecule has 0 aliphatic heterocycles. The molecule has 0 aliphatic rings. The van der Waals surface area contributed by atoms with Crippen molar-refractivity contribution in [1.29, 1.82) is 0 Å². The second-order valence-electron chi connectivity index (χ2n) is 12.3. The topological polar surface area (TPSA) is 27.7 Å². The summed E-state index contributed by atoms with van der Waals surface area (Å²) >= 11 is 0. The van der Waals surface area contributed by atoms with E-state index in [1.165, 1.54) is 193 Å². The molecular weight excluding hydrogens is 480 g/mol. The molecule has 236 valence electrons. The maximum Gasteiger partial charge on any atom is 0.0853 e. The SMILES string of the molecule is CCCCCCCCCCCCCCCCCCOOOCCCCCCCCCCCCCCCCCC. The molecule has 39 heavy (non-hydrogen) atoms. The van der Waals surface area contributed by atoms with Crippen molar-refractivity contribution in [3.05, 3.63) is 0 Å². The van der Waals surface area contributed by atoms with Crippen LogP contribution in [0.25, 0.3) is 0 Å². The van der Waals surface area contributed by atoms with Crippen molar-refractivity contribution in [3.8, 4) is 0 Å². The van der Waals surface area contributed by atoms with E-state index in [-0.39, 0.29) is 0 Å². The Balaban J connectivity index is 3.01. The van der Waals surface area contributed by atoms with Gasteiger partial charge in [-0.25, -0.2) is 9.78 Å². The fourth-order valence-electron chi connectivity index (χ4n) is 5.52. The lowest BCUT2D eigenvalue weighted by Crippen LogP contribution is -2.00. The van der Waals surface area contributed by atoms with Crippen molar-refractivity contribution < 1.29 is 14.8 Å². The number of hydrogen-bond donors (Lipinski definition) is 0. The van der Waals surface area contributed by atoms with Crippen LogP contribution in [0.15, 0.2) is 0 Å². The van der Waals surface area contributed by atoms with Crippen molar-refractivity contribution >= 4 is 0 Å². The molecule has 0 atom stereocenters. The molecule has 0 aromatic carbocycles. The molecule has 3 nitrogen and oxygen atoms in total. The van der Waals surface area contributed by atoms with Crippen molar-refractivity contribution in [2.24, 2.45) is 0 Å². The first-order chi connectivity index (χ1) is 19.4. The van der Waals surface area contributed by atoms with Crippen LogP contribution < -0.4 is 0 Å². The van der Waals surface area contributed by atoms with Crippen LogP contribution in [-0.2, 0) is 14.8 Å². The van der Waals surface area contributed by atoms with E-state index >= 15 is 0 Å². The van der Waals surface area contributed by atoms with Gasteiger partial charge in [0.1, 0.15) is 0 Å². The van der Waals surface area contributed by atoms with Crippen LogP contribution in [0.2, 0.25) is 0 Å². The molecular formula is C36H74O3. The van der Waals surface area contributed by atoms with Crippen LogP contribution in [0, 0.1) is 0 Å². The van der Waals surface area contributed by atoms with Gasteiger partial charge in [-0.3, -0.25) is 0 Å². The highest BCUT2D eigenvalue weighted by molar-refractivity contribution is 4.51. The molecule has 0 rings (SSSR count). The summed E-state index contributed by atoms with van der Waals surface area (Å²) in [6.45, 7) is 5.89. The summed E-state index contributed by atoms with van der Waals surface area (Å²) in [4.78, 5) is 10.3. The van der Waals surface area contributed by atoms with Gasteiger partial charge in [0.15, 0.2) is 0 Å². The largest absolute Gasteiger partial charge is 0.206 e. The smallest absolute Gasteiger partial charge is 0.0853 e. The van der Waals surface area contributed by atoms with Gasteiger partial charge in [0.25, 0.3) is 0 Å². The Kier molecular flexibility index (Phi) is 37.8. The Morgan fingerprint density at radius 3 is 0.615 bits per heavy atom. The van der Waals surface area contributed by atoms with Gasteiger partial charge in [-0.2, -0.15) is 0 Å². The van der Waals surface area contributed by atoms with Crippen LogP contribution in [0.4, 0.5) is 0 Å². The summed E-state index contributed by atoms with van der Waals surface area (Å²) < 4.78 is 0. The van der Waals surface area contributed by atoms with Gasteiger partial charge < -0.3 is 0 Å². The standard InChI is InChI=1S/C36H74O3/c1-3-5-7-9-11-13-15-17-19-21-23-25-27-29-31-33-35-37-39-38-36-34-32-30-28-26-24-22-20-18-16-14-12-10-8-6-4-2/h3-36H2,1-2H3. The Morgan fingerprint density at radius 2 is 0.410 bits per heavy atom. The third-order valence-electron chi connectivity index (χ3n) is 8.26. The monoisotopic (exact) mass is 555 g/mol. The van der Waals surface area contributed by atoms with Gasteiger partial charge >= 0.3 is 0 Å². The fourth-order valence-corrected chi connectivity index (χ4v) is 5.52. The molecule has 0 heterocycles. The predicted octanol–water partition coefficient (Wildman–Crippen LogP) is 13.4. The lowest BCUT2D eigenvalue weighted by molar-refractivity contribution is -0.512. The highest BCUT2D eigenvalue weighted by Gasteiger charge is 1.97. The fraction of sp³-hybridized carbons (Fsp3) is 1.00. The normalized spacial score (nSPS) is 11.5. The minimum atomic E-state index is 0.650. The van der Waals surface area contributed by atoms with Crippen LogP contribution in [0.1, 0.15) is 219 Å². The molecule has 0 amide bonds. The molecule has 0 N–H and O–H groups in total. The molecule has 0 bridgehead atoms. The van der Waals surface area contributed by atoms with E-state index in [2.05, 4.69) is 13.8 Å². The van der Waals surface area contributed by atoms with Crippen LogP contribution >= 0.6 is 0 Å². The Morgan fingerprint density at radius 1 is 0.231 bits per heavy atom. The van der Waals surface area contributed by atoms with E-state index in [4.69, 9.17) is 14.8 Å². The molecule has 3 heteroatoms. The third kappa shape index (κ3) is 37.9. The summed E-state index contributed by atoms with van der Waals surface area (Å²) in [5, 5.41) is 4.88. The second-order valence-corrected chi connectivity index (χ2v) is 12.3. The molecule has 0 aromatic heterocycles. The first-order valence-corrected chi connectivity index (χ1v) is 18.3. The first kappa shape index (κ1) is 38.9. The summed E-state index contributed by atoms with van der Waals surface area (Å²) in [6, 6.07) is 0. The highest BCUT2D eigenvalue weighted by Crippen LogP contribution is 2.15. The molecule has 0 aliphatic carbocycles. The molecule has 0 fully saturated rings. The number of unbranched alkanes of at least 4 members (excludes halogenated alkanes) is 30. The zero-order valence-corrected chi connectivity index (χ0v) is 27.3. The Bertz CT molecular complexity index is 365. The van der Waals surface area contributed by atoms with Gasteiger partial charge in [0.2, 0.25) is 0 Å². The van der Waals surface area contributed by atoms with E-state index in [1.54, 1.807) is 0 Å². The summed E-state index contributed by atoms with van der Waals surface area (Å²) in [7, 11) is 0. The summed E-state index contributed by atoms with van der Waals surface area (Å²) in [5.74, 6) is 0. The first-order valence-electron chi connectivity index (χ1n) is 18.3. The lowest BCUT2D eigenvalue weighted by atomic mass is 10.0.